The van der Waals surface area contributed by atoms with Crippen LogP contribution in [0.2, 0.25) is 0 Å². The fourth-order valence-electron chi connectivity index (χ4n) is 2.64. The van der Waals surface area contributed by atoms with Crippen molar-refractivity contribution in [2.24, 2.45) is 0 Å². The lowest BCUT2D eigenvalue weighted by atomic mass is 10.1. The van der Waals surface area contributed by atoms with Crippen LogP contribution >= 0.6 is 0 Å². The van der Waals surface area contributed by atoms with E-state index in [1.165, 1.54) is 12.1 Å². The largest absolute Gasteiger partial charge is 0.504 e. The molecule has 0 unspecified atom stereocenters. The zero-order chi connectivity index (χ0) is 21.3. The molecule has 0 fully saturated rings. The van der Waals surface area contributed by atoms with Gasteiger partial charge < -0.3 is 19.9 Å². The Labute approximate surface area is 174 Å². The van der Waals surface area contributed by atoms with Crippen LogP contribution in [-0.4, -0.2) is 17.6 Å². The standard InChI is InChI=1S/C24H20N2O4/c1-2-29-23-15-17(8-13-22(23)27)14-18(16-25)24(28)26-19-9-11-21(12-10-19)30-20-6-4-3-5-7-20/h3-15,27H,2H2,1H3,(H,26,28)/b18-14-. The highest BCUT2D eigenvalue weighted by molar-refractivity contribution is 6.09. The van der Waals surface area contributed by atoms with Crippen molar-refractivity contribution >= 4 is 17.7 Å². The van der Waals surface area contributed by atoms with Crippen LogP contribution in [0.5, 0.6) is 23.0 Å². The summed E-state index contributed by atoms with van der Waals surface area (Å²) >= 11 is 0. The van der Waals surface area contributed by atoms with Gasteiger partial charge in [0.15, 0.2) is 11.5 Å². The molecule has 1 amide bonds. The van der Waals surface area contributed by atoms with Gasteiger partial charge in [0, 0.05) is 5.69 Å². The Hall–Kier alpha value is -4.24. The summed E-state index contributed by atoms with van der Waals surface area (Å²) in [6.07, 6.45) is 1.43. The van der Waals surface area contributed by atoms with E-state index in [2.05, 4.69) is 5.32 Å². The number of carbonyl (C=O) groups is 1. The van der Waals surface area contributed by atoms with Crippen LogP contribution in [0.15, 0.2) is 78.4 Å². The molecule has 0 spiro atoms. The number of anilines is 1. The molecule has 0 aliphatic heterocycles. The minimum atomic E-state index is -0.541. The first-order valence-corrected chi connectivity index (χ1v) is 9.31. The third-order valence-corrected chi connectivity index (χ3v) is 4.05. The number of ether oxygens (including phenoxy) is 2. The van der Waals surface area contributed by atoms with Gasteiger partial charge in [0.1, 0.15) is 23.1 Å². The Morgan fingerprint density at radius 1 is 1.07 bits per heavy atom. The molecule has 3 rings (SSSR count). The maximum Gasteiger partial charge on any atom is 0.266 e. The molecule has 150 valence electrons. The lowest BCUT2D eigenvalue weighted by Crippen LogP contribution is -2.13. The van der Waals surface area contributed by atoms with Gasteiger partial charge in [-0.2, -0.15) is 5.26 Å². The average molecular weight is 400 g/mol. The van der Waals surface area contributed by atoms with E-state index in [9.17, 15) is 15.2 Å². The van der Waals surface area contributed by atoms with Gasteiger partial charge in [0.2, 0.25) is 0 Å². The highest BCUT2D eigenvalue weighted by Gasteiger charge is 2.11. The molecule has 6 nitrogen and oxygen atoms in total. The number of rotatable bonds is 7. The van der Waals surface area contributed by atoms with Crippen molar-refractivity contribution in [2.75, 3.05) is 11.9 Å². The number of hydrogen-bond acceptors (Lipinski definition) is 5. The van der Waals surface area contributed by atoms with Gasteiger partial charge in [-0.3, -0.25) is 4.79 Å². The fourth-order valence-corrected chi connectivity index (χ4v) is 2.64. The number of nitriles is 1. The molecule has 0 saturated carbocycles. The van der Waals surface area contributed by atoms with E-state index in [1.54, 1.807) is 43.3 Å². The molecule has 0 aliphatic rings. The number of hydrogen-bond donors (Lipinski definition) is 2. The minimum Gasteiger partial charge on any atom is -0.504 e. The SMILES string of the molecule is CCOc1cc(/C=C(/C#N)C(=O)Nc2ccc(Oc3ccccc3)cc2)ccc1O. The van der Waals surface area contributed by atoms with Crippen LogP contribution in [-0.2, 0) is 4.79 Å². The number of phenolic OH excluding ortho intramolecular Hbond substituents is 1. The van der Waals surface area contributed by atoms with Crippen LogP contribution in [0.3, 0.4) is 0 Å². The van der Waals surface area contributed by atoms with Gasteiger partial charge in [-0.05, 0) is 67.1 Å². The Kier molecular flexibility index (Phi) is 6.70. The van der Waals surface area contributed by atoms with Gasteiger partial charge in [0.25, 0.3) is 5.91 Å². The number of amides is 1. The zero-order valence-corrected chi connectivity index (χ0v) is 16.3. The molecular weight excluding hydrogens is 380 g/mol. The Morgan fingerprint density at radius 2 is 1.77 bits per heavy atom. The Bertz CT molecular complexity index is 1080. The lowest BCUT2D eigenvalue weighted by Gasteiger charge is -2.08. The van der Waals surface area contributed by atoms with Crippen LogP contribution in [0.4, 0.5) is 5.69 Å². The van der Waals surface area contributed by atoms with E-state index in [1.807, 2.05) is 36.4 Å². The van der Waals surface area contributed by atoms with Crippen LogP contribution in [0.1, 0.15) is 12.5 Å². The van der Waals surface area contributed by atoms with Gasteiger partial charge in [0.05, 0.1) is 6.61 Å². The summed E-state index contributed by atoms with van der Waals surface area (Å²) < 4.78 is 11.0. The first kappa shape index (κ1) is 20.5. The normalized spacial score (nSPS) is 10.7. The van der Waals surface area contributed by atoms with Crippen molar-refractivity contribution in [3.63, 3.8) is 0 Å². The van der Waals surface area contributed by atoms with E-state index in [0.29, 0.717) is 29.4 Å². The quantitative estimate of drug-likeness (QED) is 0.424. The first-order valence-electron chi connectivity index (χ1n) is 9.31. The van der Waals surface area contributed by atoms with E-state index in [0.717, 1.165) is 0 Å². The number of para-hydroxylation sites is 1. The average Bonchev–Trinajstić information content (AvgIpc) is 2.76. The Balaban J connectivity index is 1.70. The second-order valence-corrected chi connectivity index (χ2v) is 6.22. The van der Waals surface area contributed by atoms with E-state index in [-0.39, 0.29) is 17.1 Å². The highest BCUT2D eigenvalue weighted by Crippen LogP contribution is 2.28. The molecule has 3 aromatic rings. The van der Waals surface area contributed by atoms with E-state index in [4.69, 9.17) is 9.47 Å². The van der Waals surface area contributed by atoms with Crippen molar-refractivity contribution in [1.29, 1.82) is 5.26 Å². The number of aromatic hydroxyl groups is 1. The molecule has 0 aromatic heterocycles. The molecule has 0 aliphatic carbocycles. The molecule has 30 heavy (non-hydrogen) atoms. The molecule has 0 heterocycles. The van der Waals surface area contributed by atoms with Crippen molar-refractivity contribution in [3.05, 3.63) is 83.9 Å². The third-order valence-electron chi connectivity index (χ3n) is 4.05. The first-order chi connectivity index (χ1) is 14.6. The summed E-state index contributed by atoms with van der Waals surface area (Å²) in [5.74, 6) is 1.08. The van der Waals surface area contributed by atoms with Crippen LogP contribution < -0.4 is 14.8 Å². The van der Waals surface area contributed by atoms with Crippen molar-refractivity contribution in [2.45, 2.75) is 6.92 Å². The summed E-state index contributed by atoms with van der Waals surface area (Å²) in [5.41, 5.74) is 1.02. The van der Waals surface area contributed by atoms with Gasteiger partial charge in [-0.25, -0.2) is 0 Å². The van der Waals surface area contributed by atoms with Crippen molar-refractivity contribution in [3.8, 4) is 29.1 Å². The number of carbonyl (C=O) groups excluding carboxylic acids is 1. The second-order valence-electron chi connectivity index (χ2n) is 6.22. The number of nitrogens with zero attached hydrogens (tertiary/aromatic N) is 1. The summed E-state index contributed by atoms with van der Waals surface area (Å²) in [6.45, 7) is 2.18. The predicted molar refractivity (Wildman–Crippen MR) is 114 cm³/mol. The van der Waals surface area contributed by atoms with Gasteiger partial charge >= 0.3 is 0 Å². The summed E-state index contributed by atoms with van der Waals surface area (Å²) in [6, 6.07) is 22.7. The molecule has 2 N–H and O–H groups in total. The summed E-state index contributed by atoms with van der Waals surface area (Å²) in [4.78, 5) is 12.5. The molecule has 0 bridgehead atoms. The minimum absolute atomic E-state index is 0.00484. The highest BCUT2D eigenvalue weighted by atomic mass is 16.5. The molecule has 0 radical (unpaired) electrons. The van der Waals surface area contributed by atoms with E-state index >= 15 is 0 Å². The summed E-state index contributed by atoms with van der Waals surface area (Å²) in [5, 5.41) is 21.9. The third kappa shape index (κ3) is 5.40. The maximum absolute atomic E-state index is 12.5. The number of benzene rings is 3. The molecular formula is C24H20N2O4. The van der Waals surface area contributed by atoms with E-state index < -0.39 is 5.91 Å². The molecule has 0 saturated heterocycles. The summed E-state index contributed by atoms with van der Waals surface area (Å²) in [7, 11) is 0. The number of phenols is 1. The topological polar surface area (TPSA) is 91.6 Å². The molecule has 0 atom stereocenters. The van der Waals surface area contributed by atoms with Crippen molar-refractivity contribution in [1.82, 2.24) is 0 Å². The molecule has 6 heteroatoms. The lowest BCUT2D eigenvalue weighted by molar-refractivity contribution is -0.112. The smallest absolute Gasteiger partial charge is 0.266 e. The molecule has 3 aromatic carbocycles. The van der Waals surface area contributed by atoms with Crippen LogP contribution in [0, 0.1) is 11.3 Å². The van der Waals surface area contributed by atoms with Gasteiger partial charge in [-0.1, -0.05) is 24.3 Å². The fraction of sp³-hybridized carbons (Fsp3) is 0.0833. The zero-order valence-electron chi connectivity index (χ0n) is 16.3. The van der Waals surface area contributed by atoms with Crippen LogP contribution in [0.25, 0.3) is 6.08 Å². The second kappa shape index (κ2) is 9.80. The monoisotopic (exact) mass is 400 g/mol. The number of nitrogens with one attached hydrogen (secondary N) is 1. The Morgan fingerprint density at radius 3 is 2.43 bits per heavy atom. The predicted octanol–water partition coefficient (Wildman–Crippen LogP) is 5.13. The van der Waals surface area contributed by atoms with Crippen molar-refractivity contribution < 1.29 is 19.4 Å². The maximum atomic E-state index is 12.5. The van der Waals surface area contributed by atoms with Gasteiger partial charge in [-0.15, -0.1) is 0 Å².